The average Bonchev–Trinajstić information content (AvgIpc) is 2.67. The van der Waals surface area contributed by atoms with Gasteiger partial charge in [0, 0.05) is 22.8 Å². The van der Waals surface area contributed by atoms with Crippen LogP contribution >= 0.6 is 0 Å². The molecule has 0 aliphatic carbocycles. The first kappa shape index (κ1) is 20.0. The molecule has 0 aromatic heterocycles. The van der Waals surface area contributed by atoms with E-state index in [2.05, 4.69) is 19.6 Å². The SMILES string of the molecule is COc1ccccc1C=C=C1CN(S(=O)(=O)c2ccc(C)cc2)C=CC1(C)C. The predicted molar refractivity (Wildman–Crippen MR) is 112 cm³/mol. The third-order valence-electron chi connectivity index (χ3n) is 4.92. The van der Waals surface area contributed by atoms with Gasteiger partial charge in [0.15, 0.2) is 0 Å². The van der Waals surface area contributed by atoms with E-state index in [4.69, 9.17) is 4.74 Å². The summed E-state index contributed by atoms with van der Waals surface area (Å²) in [6.07, 6.45) is 5.41. The molecule has 5 heteroatoms. The second-order valence-electron chi connectivity index (χ2n) is 7.41. The van der Waals surface area contributed by atoms with Gasteiger partial charge in [0.25, 0.3) is 10.0 Å². The van der Waals surface area contributed by atoms with Gasteiger partial charge in [-0.05, 0) is 31.2 Å². The molecule has 1 heterocycles. The highest BCUT2D eigenvalue weighted by atomic mass is 32.2. The van der Waals surface area contributed by atoms with Crippen molar-refractivity contribution in [2.45, 2.75) is 25.7 Å². The van der Waals surface area contributed by atoms with Crippen molar-refractivity contribution < 1.29 is 13.2 Å². The van der Waals surface area contributed by atoms with Gasteiger partial charge in [-0.2, -0.15) is 0 Å². The molecule has 146 valence electrons. The summed E-state index contributed by atoms with van der Waals surface area (Å²) >= 11 is 0. The van der Waals surface area contributed by atoms with Crippen molar-refractivity contribution >= 4 is 16.1 Å². The van der Waals surface area contributed by atoms with Crippen LogP contribution in [0, 0.1) is 12.3 Å². The van der Waals surface area contributed by atoms with E-state index >= 15 is 0 Å². The van der Waals surface area contributed by atoms with Crippen LogP contribution in [0.25, 0.3) is 6.08 Å². The van der Waals surface area contributed by atoms with Crippen molar-refractivity contribution in [1.82, 2.24) is 4.31 Å². The van der Waals surface area contributed by atoms with Crippen molar-refractivity contribution in [1.29, 1.82) is 0 Å². The van der Waals surface area contributed by atoms with Crippen LogP contribution in [-0.4, -0.2) is 26.4 Å². The minimum absolute atomic E-state index is 0.255. The molecule has 0 unspecified atom stereocenters. The number of nitrogens with zero attached hydrogens (tertiary/aromatic N) is 1. The second kappa shape index (κ2) is 7.70. The number of hydrogen-bond donors (Lipinski definition) is 0. The number of allylic oxidation sites excluding steroid dienone is 1. The molecule has 4 nitrogen and oxygen atoms in total. The van der Waals surface area contributed by atoms with Gasteiger partial charge in [0.05, 0.1) is 18.6 Å². The van der Waals surface area contributed by atoms with Gasteiger partial charge >= 0.3 is 0 Å². The molecule has 0 saturated heterocycles. The number of benzene rings is 2. The fraction of sp³-hybridized carbons (Fsp3) is 0.261. The Kier molecular flexibility index (Phi) is 5.50. The lowest BCUT2D eigenvalue weighted by Crippen LogP contribution is -2.35. The Morgan fingerprint density at radius 3 is 2.46 bits per heavy atom. The number of sulfonamides is 1. The third kappa shape index (κ3) is 4.06. The van der Waals surface area contributed by atoms with Gasteiger partial charge in [-0.15, -0.1) is 5.73 Å². The standard InChI is InChI=1S/C23H25NO3S/c1-18-9-13-21(14-10-18)28(25,26)24-16-15-23(2,3)20(17-24)12-11-19-7-5-6-8-22(19)27-4/h5-11,13-16H,17H2,1-4H3. The Labute approximate surface area is 167 Å². The van der Waals surface area contributed by atoms with Gasteiger partial charge in [0.1, 0.15) is 5.75 Å². The summed E-state index contributed by atoms with van der Waals surface area (Å²) < 4.78 is 32.8. The Bertz CT molecular complexity index is 1060. The van der Waals surface area contributed by atoms with Crippen molar-refractivity contribution in [2.75, 3.05) is 13.7 Å². The second-order valence-corrected chi connectivity index (χ2v) is 9.30. The van der Waals surface area contributed by atoms with Gasteiger partial charge in [-0.3, -0.25) is 4.31 Å². The van der Waals surface area contributed by atoms with E-state index in [-0.39, 0.29) is 16.9 Å². The van der Waals surface area contributed by atoms with Crippen LogP contribution in [0.15, 0.2) is 77.0 Å². The van der Waals surface area contributed by atoms with Crippen LogP contribution in [0.1, 0.15) is 25.0 Å². The minimum atomic E-state index is -3.61. The zero-order valence-electron chi connectivity index (χ0n) is 16.6. The van der Waals surface area contributed by atoms with Crippen molar-refractivity contribution in [2.24, 2.45) is 5.41 Å². The van der Waals surface area contributed by atoms with Crippen molar-refractivity contribution in [3.63, 3.8) is 0 Å². The zero-order valence-corrected chi connectivity index (χ0v) is 17.5. The first-order valence-corrected chi connectivity index (χ1v) is 10.5. The number of para-hydroxylation sites is 1. The molecule has 1 aliphatic heterocycles. The summed E-state index contributed by atoms with van der Waals surface area (Å²) in [4.78, 5) is 0.288. The van der Waals surface area contributed by atoms with Crippen LogP contribution in [0.3, 0.4) is 0 Å². The number of rotatable bonds is 4. The number of ether oxygens (including phenoxy) is 1. The summed E-state index contributed by atoms with van der Waals surface area (Å²) in [7, 11) is -1.98. The normalized spacial score (nSPS) is 15.9. The Hall–Kier alpha value is -2.75. The van der Waals surface area contributed by atoms with E-state index in [0.717, 1.165) is 22.4 Å². The van der Waals surface area contributed by atoms with Gasteiger partial charge in [0.2, 0.25) is 0 Å². The lowest BCUT2D eigenvalue weighted by molar-refractivity contribution is 0.414. The van der Waals surface area contributed by atoms with E-state index < -0.39 is 10.0 Å². The van der Waals surface area contributed by atoms with E-state index in [1.54, 1.807) is 25.4 Å². The Morgan fingerprint density at radius 1 is 1.11 bits per heavy atom. The molecule has 0 amide bonds. The summed E-state index contributed by atoms with van der Waals surface area (Å²) in [6.45, 7) is 6.30. The molecule has 2 aromatic rings. The molecule has 0 bridgehead atoms. The van der Waals surface area contributed by atoms with Crippen LogP contribution in [-0.2, 0) is 10.0 Å². The molecule has 0 N–H and O–H groups in total. The zero-order chi connectivity index (χ0) is 20.4. The molecule has 0 fully saturated rings. The number of hydrogen-bond acceptors (Lipinski definition) is 3. The summed E-state index contributed by atoms with van der Waals surface area (Å²) in [6, 6.07) is 14.6. The number of methoxy groups -OCH3 is 1. The monoisotopic (exact) mass is 395 g/mol. The molecule has 0 saturated carbocycles. The molecule has 28 heavy (non-hydrogen) atoms. The van der Waals surface area contributed by atoms with Crippen LogP contribution < -0.4 is 4.74 Å². The molecular weight excluding hydrogens is 370 g/mol. The highest BCUT2D eigenvalue weighted by Gasteiger charge is 2.31. The first-order chi connectivity index (χ1) is 13.2. The van der Waals surface area contributed by atoms with Gasteiger partial charge in [-0.1, -0.05) is 55.8 Å². The topological polar surface area (TPSA) is 46.6 Å². The quantitative estimate of drug-likeness (QED) is 0.700. The lowest BCUT2D eigenvalue weighted by atomic mass is 9.83. The van der Waals surface area contributed by atoms with E-state index in [0.29, 0.717) is 0 Å². The molecule has 1 aliphatic rings. The van der Waals surface area contributed by atoms with E-state index in [1.165, 1.54) is 4.31 Å². The van der Waals surface area contributed by atoms with E-state index in [9.17, 15) is 8.42 Å². The minimum Gasteiger partial charge on any atom is -0.496 e. The van der Waals surface area contributed by atoms with E-state index in [1.807, 2.05) is 55.5 Å². The fourth-order valence-electron chi connectivity index (χ4n) is 2.98. The predicted octanol–water partition coefficient (Wildman–Crippen LogP) is 4.79. The summed E-state index contributed by atoms with van der Waals surface area (Å²) in [5.74, 6) is 0.754. The van der Waals surface area contributed by atoms with Crippen LogP contribution in [0.5, 0.6) is 5.75 Å². The average molecular weight is 396 g/mol. The highest BCUT2D eigenvalue weighted by Crippen LogP contribution is 2.34. The maximum Gasteiger partial charge on any atom is 0.264 e. The molecule has 3 rings (SSSR count). The van der Waals surface area contributed by atoms with Crippen LogP contribution in [0.4, 0.5) is 0 Å². The summed E-state index contributed by atoms with van der Waals surface area (Å²) in [5, 5.41) is 0. The Morgan fingerprint density at radius 2 is 1.79 bits per heavy atom. The fourth-order valence-corrected chi connectivity index (χ4v) is 4.25. The Balaban J connectivity index is 1.99. The maximum absolute atomic E-state index is 13.0. The molecule has 0 radical (unpaired) electrons. The third-order valence-corrected chi connectivity index (χ3v) is 6.65. The summed E-state index contributed by atoms with van der Waals surface area (Å²) in [5.41, 5.74) is 5.83. The smallest absolute Gasteiger partial charge is 0.264 e. The van der Waals surface area contributed by atoms with Gasteiger partial charge in [-0.25, -0.2) is 8.42 Å². The largest absolute Gasteiger partial charge is 0.496 e. The maximum atomic E-state index is 13.0. The van der Waals surface area contributed by atoms with Crippen molar-refractivity contribution in [3.8, 4) is 5.75 Å². The van der Waals surface area contributed by atoms with Gasteiger partial charge < -0.3 is 4.74 Å². The number of aryl methyl sites for hydroxylation is 1. The first-order valence-electron chi connectivity index (χ1n) is 9.11. The highest BCUT2D eigenvalue weighted by molar-refractivity contribution is 7.89. The van der Waals surface area contributed by atoms with Crippen LogP contribution in [0.2, 0.25) is 0 Å². The molecule has 0 atom stereocenters. The molecule has 0 spiro atoms. The molecule has 2 aromatic carbocycles. The van der Waals surface area contributed by atoms with Crippen molar-refractivity contribution in [3.05, 3.63) is 83.2 Å². The molecular formula is C23H25NO3S. The lowest BCUT2D eigenvalue weighted by Gasteiger charge is -2.33.